The van der Waals surface area contributed by atoms with Crippen LogP contribution in [0, 0.1) is 0 Å². The number of carbonyl (C=O) groups excluding carboxylic acids is 2. The van der Waals surface area contributed by atoms with Crippen LogP contribution in [0.5, 0.6) is 0 Å². The van der Waals surface area contributed by atoms with Crippen molar-refractivity contribution < 1.29 is 9.59 Å². The van der Waals surface area contributed by atoms with Crippen molar-refractivity contribution in [1.29, 1.82) is 0 Å². The maximum atomic E-state index is 12.7. The summed E-state index contributed by atoms with van der Waals surface area (Å²) in [5.74, 6) is -0.0436. The second-order valence-corrected chi connectivity index (χ2v) is 8.77. The van der Waals surface area contributed by atoms with Crippen molar-refractivity contribution >= 4 is 63.1 Å². The van der Waals surface area contributed by atoms with Gasteiger partial charge in [0.05, 0.1) is 10.8 Å². The number of benzene rings is 4. The van der Waals surface area contributed by atoms with Crippen LogP contribution in [-0.2, 0) is 0 Å². The summed E-state index contributed by atoms with van der Waals surface area (Å²) in [6.07, 6.45) is 0. The van der Waals surface area contributed by atoms with E-state index in [1.165, 1.54) is 11.8 Å². The van der Waals surface area contributed by atoms with E-state index in [2.05, 4.69) is 5.32 Å². The second-order valence-electron chi connectivity index (χ2n) is 6.88. The number of anilines is 1. The first-order valence-electron chi connectivity index (χ1n) is 9.51. The Hall–Kier alpha value is -2.79. The molecule has 154 valence electrons. The van der Waals surface area contributed by atoms with E-state index in [0.29, 0.717) is 26.9 Å². The Morgan fingerprint density at radius 3 is 2.42 bits per heavy atom. The van der Waals surface area contributed by atoms with Crippen LogP contribution in [0.4, 0.5) is 5.69 Å². The maximum absolute atomic E-state index is 12.7. The van der Waals surface area contributed by atoms with Gasteiger partial charge in [-0.25, -0.2) is 0 Å². The van der Waals surface area contributed by atoms with E-state index in [1.807, 2.05) is 66.7 Å². The van der Waals surface area contributed by atoms with E-state index in [0.717, 1.165) is 15.7 Å². The summed E-state index contributed by atoms with van der Waals surface area (Å²) in [6, 6.07) is 25.8. The molecular weight excluding hydrogens is 449 g/mol. The van der Waals surface area contributed by atoms with E-state index in [4.69, 9.17) is 23.2 Å². The highest BCUT2D eigenvalue weighted by Gasteiger charge is 2.12. The molecule has 0 fully saturated rings. The molecule has 0 heterocycles. The Labute approximate surface area is 194 Å². The van der Waals surface area contributed by atoms with Gasteiger partial charge in [0, 0.05) is 26.7 Å². The summed E-state index contributed by atoms with van der Waals surface area (Å²) in [4.78, 5) is 26.0. The fraction of sp³-hybridized carbons (Fsp3) is 0.0400. The standard InChI is InChI=1S/C25H17Cl2NO2S/c26-19-10-11-22(23(27)13-19)24(29)15-31-21-7-3-6-20(14-21)28-25(30)18-9-8-16-4-1-2-5-17(16)12-18/h1-14H,15H2,(H,28,30). The molecule has 0 bridgehead atoms. The Kier molecular flexibility index (Phi) is 6.62. The molecule has 0 aliphatic rings. The molecule has 0 spiro atoms. The molecule has 4 aromatic rings. The minimum Gasteiger partial charge on any atom is -0.322 e. The summed E-state index contributed by atoms with van der Waals surface area (Å²) in [5.41, 5.74) is 1.70. The maximum Gasteiger partial charge on any atom is 0.255 e. The summed E-state index contributed by atoms with van der Waals surface area (Å²) in [5, 5.41) is 5.86. The van der Waals surface area contributed by atoms with Crippen LogP contribution in [0.1, 0.15) is 20.7 Å². The summed E-state index contributed by atoms with van der Waals surface area (Å²) in [6.45, 7) is 0. The van der Waals surface area contributed by atoms with E-state index in [1.54, 1.807) is 18.2 Å². The number of ketones is 1. The first kappa shape index (κ1) is 21.4. The molecule has 4 aromatic carbocycles. The van der Waals surface area contributed by atoms with Gasteiger partial charge in [-0.05, 0) is 59.3 Å². The van der Waals surface area contributed by atoms with Crippen LogP contribution in [0.15, 0.2) is 89.8 Å². The van der Waals surface area contributed by atoms with Gasteiger partial charge in [-0.1, -0.05) is 59.6 Å². The van der Waals surface area contributed by atoms with E-state index in [-0.39, 0.29) is 17.4 Å². The molecule has 1 N–H and O–H groups in total. The van der Waals surface area contributed by atoms with Gasteiger partial charge in [-0.15, -0.1) is 11.8 Å². The SMILES string of the molecule is O=C(Nc1cccc(SCC(=O)c2ccc(Cl)cc2Cl)c1)c1ccc2ccccc2c1. The van der Waals surface area contributed by atoms with E-state index >= 15 is 0 Å². The smallest absolute Gasteiger partial charge is 0.255 e. The fourth-order valence-corrected chi connectivity index (χ4v) is 4.49. The molecular formula is C25H17Cl2NO2S. The van der Waals surface area contributed by atoms with Crippen molar-refractivity contribution in [3.63, 3.8) is 0 Å². The Balaban J connectivity index is 1.42. The van der Waals surface area contributed by atoms with E-state index < -0.39 is 0 Å². The van der Waals surface area contributed by atoms with Crippen molar-refractivity contribution in [2.75, 3.05) is 11.1 Å². The number of hydrogen-bond donors (Lipinski definition) is 1. The first-order chi connectivity index (χ1) is 15.0. The van der Waals surface area contributed by atoms with Crippen molar-refractivity contribution in [3.8, 4) is 0 Å². The molecule has 4 rings (SSSR count). The lowest BCUT2D eigenvalue weighted by Gasteiger charge is -2.09. The molecule has 0 aromatic heterocycles. The highest BCUT2D eigenvalue weighted by Crippen LogP contribution is 2.26. The molecule has 0 aliphatic heterocycles. The number of Topliss-reactive ketones (excluding diaryl/α,β-unsaturated/α-hetero) is 1. The summed E-state index contributed by atoms with van der Waals surface area (Å²) < 4.78 is 0. The lowest BCUT2D eigenvalue weighted by atomic mass is 10.1. The van der Waals surface area contributed by atoms with Gasteiger partial charge in [0.1, 0.15) is 0 Å². The van der Waals surface area contributed by atoms with Crippen LogP contribution in [0.2, 0.25) is 10.0 Å². The highest BCUT2D eigenvalue weighted by atomic mass is 35.5. The zero-order valence-corrected chi connectivity index (χ0v) is 18.6. The second kappa shape index (κ2) is 9.56. The number of fused-ring (bicyclic) bond motifs is 1. The lowest BCUT2D eigenvalue weighted by molar-refractivity contribution is 0.101. The van der Waals surface area contributed by atoms with Crippen molar-refractivity contribution in [3.05, 3.63) is 106 Å². The number of nitrogens with one attached hydrogen (secondary N) is 1. The largest absolute Gasteiger partial charge is 0.322 e. The Morgan fingerprint density at radius 2 is 1.61 bits per heavy atom. The molecule has 0 saturated carbocycles. The van der Waals surface area contributed by atoms with Gasteiger partial charge in [-0.2, -0.15) is 0 Å². The average molecular weight is 466 g/mol. The number of amides is 1. The van der Waals surface area contributed by atoms with Crippen LogP contribution < -0.4 is 5.32 Å². The molecule has 0 aliphatic carbocycles. The van der Waals surface area contributed by atoms with Crippen molar-refractivity contribution in [2.45, 2.75) is 4.90 Å². The van der Waals surface area contributed by atoms with Crippen LogP contribution in [0.3, 0.4) is 0 Å². The van der Waals surface area contributed by atoms with Gasteiger partial charge >= 0.3 is 0 Å². The number of carbonyl (C=O) groups is 2. The Morgan fingerprint density at radius 1 is 0.806 bits per heavy atom. The molecule has 6 heteroatoms. The molecule has 0 radical (unpaired) electrons. The molecule has 31 heavy (non-hydrogen) atoms. The highest BCUT2D eigenvalue weighted by molar-refractivity contribution is 8.00. The minimum atomic E-state index is -0.183. The van der Waals surface area contributed by atoms with Gasteiger partial charge in [0.2, 0.25) is 0 Å². The van der Waals surface area contributed by atoms with Crippen molar-refractivity contribution in [2.24, 2.45) is 0 Å². The Bertz CT molecular complexity index is 1290. The first-order valence-corrected chi connectivity index (χ1v) is 11.2. The van der Waals surface area contributed by atoms with Crippen molar-refractivity contribution in [1.82, 2.24) is 0 Å². The molecule has 1 amide bonds. The molecule has 0 unspecified atom stereocenters. The monoisotopic (exact) mass is 465 g/mol. The molecule has 0 saturated heterocycles. The lowest BCUT2D eigenvalue weighted by Crippen LogP contribution is -2.11. The third-order valence-electron chi connectivity index (χ3n) is 4.71. The zero-order chi connectivity index (χ0) is 21.8. The van der Waals surface area contributed by atoms with Gasteiger partial charge in [-0.3, -0.25) is 9.59 Å². The third kappa shape index (κ3) is 5.28. The normalized spacial score (nSPS) is 10.8. The van der Waals surface area contributed by atoms with Gasteiger partial charge < -0.3 is 5.32 Å². The van der Waals surface area contributed by atoms with Crippen LogP contribution in [0.25, 0.3) is 10.8 Å². The number of thioether (sulfide) groups is 1. The van der Waals surface area contributed by atoms with Crippen LogP contribution in [-0.4, -0.2) is 17.4 Å². The predicted molar refractivity (Wildman–Crippen MR) is 130 cm³/mol. The van der Waals surface area contributed by atoms with Crippen LogP contribution >= 0.6 is 35.0 Å². The zero-order valence-electron chi connectivity index (χ0n) is 16.3. The quantitative estimate of drug-likeness (QED) is 0.238. The molecule has 3 nitrogen and oxygen atoms in total. The third-order valence-corrected chi connectivity index (χ3v) is 6.25. The number of rotatable bonds is 6. The van der Waals surface area contributed by atoms with Gasteiger partial charge in [0.25, 0.3) is 5.91 Å². The number of hydrogen-bond acceptors (Lipinski definition) is 3. The van der Waals surface area contributed by atoms with Gasteiger partial charge in [0.15, 0.2) is 5.78 Å². The predicted octanol–water partition coefficient (Wildman–Crippen LogP) is 7.37. The number of halogens is 2. The summed E-state index contributed by atoms with van der Waals surface area (Å²) >= 11 is 13.4. The summed E-state index contributed by atoms with van der Waals surface area (Å²) in [7, 11) is 0. The molecule has 0 atom stereocenters. The minimum absolute atomic E-state index is 0.0859. The topological polar surface area (TPSA) is 46.2 Å². The fourth-order valence-electron chi connectivity index (χ4n) is 3.14. The average Bonchev–Trinajstić information content (AvgIpc) is 2.77. The van der Waals surface area contributed by atoms with E-state index in [9.17, 15) is 9.59 Å².